The molecule has 1 fully saturated rings. The van der Waals surface area contributed by atoms with Crippen LogP contribution < -0.4 is 16.6 Å². The molecule has 0 spiro atoms. The monoisotopic (exact) mass is 453 g/mol. The van der Waals surface area contributed by atoms with Crippen molar-refractivity contribution in [2.45, 2.75) is 51.2 Å². The Morgan fingerprint density at radius 2 is 2.16 bits per heavy atom. The van der Waals surface area contributed by atoms with Gasteiger partial charge in [0.2, 0.25) is 5.90 Å². The number of nitrogen functional groups attached to an aromatic ring is 1. The first-order valence-electron chi connectivity index (χ1n) is 10.8. The van der Waals surface area contributed by atoms with Crippen LogP contribution in [0, 0.1) is 0 Å². The van der Waals surface area contributed by atoms with Crippen LogP contribution in [0.15, 0.2) is 34.3 Å². The van der Waals surface area contributed by atoms with E-state index in [2.05, 4.69) is 20.3 Å². The molecule has 3 heterocycles. The van der Waals surface area contributed by atoms with Crippen molar-refractivity contribution in [3.63, 3.8) is 0 Å². The first kappa shape index (κ1) is 20.7. The Balaban J connectivity index is 1.62. The van der Waals surface area contributed by atoms with Crippen LogP contribution in [0.5, 0.6) is 0 Å². The second-order valence-corrected chi connectivity index (χ2v) is 8.60. The van der Waals surface area contributed by atoms with Gasteiger partial charge in [-0.15, -0.1) is 0 Å². The normalized spacial score (nSPS) is 19.0. The zero-order valence-electron chi connectivity index (χ0n) is 17.9. The van der Waals surface area contributed by atoms with Gasteiger partial charge < -0.3 is 15.8 Å². The number of aromatic nitrogens is 4. The molecule has 1 aromatic carbocycles. The molecule has 2 aliphatic rings. The Morgan fingerprint density at radius 1 is 1.34 bits per heavy atom. The van der Waals surface area contributed by atoms with Crippen LogP contribution in [0.2, 0.25) is 5.02 Å². The largest absolute Gasteiger partial charge is 0.475 e. The zero-order valence-corrected chi connectivity index (χ0v) is 18.6. The molecule has 3 N–H and O–H groups in total. The Bertz CT molecular complexity index is 1290. The first-order chi connectivity index (χ1) is 15.5. The van der Waals surface area contributed by atoms with E-state index in [1.54, 1.807) is 16.7 Å². The van der Waals surface area contributed by atoms with Crippen LogP contribution in [-0.4, -0.2) is 38.1 Å². The van der Waals surface area contributed by atoms with Gasteiger partial charge in [0, 0.05) is 6.04 Å². The summed E-state index contributed by atoms with van der Waals surface area (Å²) in [5.74, 6) is 1.86. The summed E-state index contributed by atoms with van der Waals surface area (Å²) >= 11 is 6.35. The fourth-order valence-electron chi connectivity index (χ4n) is 4.00. The van der Waals surface area contributed by atoms with Crippen LogP contribution in [0.1, 0.15) is 56.6 Å². The maximum absolute atomic E-state index is 13.4. The van der Waals surface area contributed by atoms with Crippen LogP contribution in [0.25, 0.3) is 10.9 Å². The van der Waals surface area contributed by atoms with Crippen molar-refractivity contribution >= 4 is 40.0 Å². The number of fused-ring (bicyclic) bond motifs is 1. The van der Waals surface area contributed by atoms with Gasteiger partial charge in [-0.1, -0.05) is 24.6 Å². The van der Waals surface area contributed by atoms with Crippen LogP contribution in [0.4, 0.5) is 11.6 Å². The molecule has 1 saturated carbocycles. The Hall–Kier alpha value is -3.20. The molecule has 2 aromatic heterocycles. The highest BCUT2D eigenvalue weighted by molar-refractivity contribution is 6.35. The number of halogens is 1. The fourth-order valence-corrected chi connectivity index (χ4v) is 4.25. The maximum atomic E-state index is 13.4. The summed E-state index contributed by atoms with van der Waals surface area (Å²) in [4.78, 5) is 31.3. The first-order valence-corrected chi connectivity index (χ1v) is 11.1. The molecule has 1 aliphatic carbocycles. The predicted molar refractivity (Wildman–Crippen MR) is 124 cm³/mol. The average molecular weight is 454 g/mol. The summed E-state index contributed by atoms with van der Waals surface area (Å²) in [5.41, 5.74) is 7.16. The molecular formula is C22H24ClN7O2. The molecule has 10 heteroatoms. The summed E-state index contributed by atoms with van der Waals surface area (Å²) in [6.07, 6.45) is 3.94. The molecule has 166 valence electrons. The van der Waals surface area contributed by atoms with Crippen LogP contribution in [-0.2, 0) is 4.74 Å². The second kappa shape index (κ2) is 8.05. The van der Waals surface area contributed by atoms with Crippen molar-refractivity contribution in [1.82, 2.24) is 19.5 Å². The summed E-state index contributed by atoms with van der Waals surface area (Å²) in [6.45, 7) is 4.47. The van der Waals surface area contributed by atoms with Crippen LogP contribution >= 0.6 is 11.6 Å². The van der Waals surface area contributed by atoms with E-state index in [1.165, 1.54) is 6.33 Å². The lowest BCUT2D eigenvalue weighted by atomic mass is 10.1. The minimum Gasteiger partial charge on any atom is -0.475 e. The van der Waals surface area contributed by atoms with Gasteiger partial charge in [-0.2, -0.15) is 0 Å². The van der Waals surface area contributed by atoms with E-state index in [-0.39, 0.29) is 29.5 Å². The van der Waals surface area contributed by atoms with Crippen molar-refractivity contribution < 1.29 is 4.74 Å². The molecule has 0 radical (unpaired) electrons. The number of hydrogen-bond acceptors (Lipinski definition) is 8. The van der Waals surface area contributed by atoms with Gasteiger partial charge in [0.1, 0.15) is 36.0 Å². The van der Waals surface area contributed by atoms with Gasteiger partial charge in [-0.3, -0.25) is 9.36 Å². The number of aliphatic imine (C=N–C) groups is 1. The fraction of sp³-hybridized carbons (Fsp3) is 0.409. The second-order valence-electron chi connectivity index (χ2n) is 8.19. The van der Waals surface area contributed by atoms with Gasteiger partial charge in [-0.05, 0) is 38.3 Å². The Kier molecular flexibility index (Phi) is 5.21. The number of ether oxygens (including phenoxy) is 1. The minimum absolute atomic E-state index is 0.0337. The number of benzene rings is 1. The van der Waals surface area contributed by atoms with E-state index in [9.17, 15) is 4.79 Å². The number of hydrogen-bond donors (Lipinski definition) is 2. The highest BCUT2D eigenvalue weighted by Gasteiger charge is 2.32. The van der Waals surface area contributed by atoms with E-state index in [1.807, 2.05) is 19.9 Å². The summed E-state index contributed by atoms with van der Waals surface area (Å²) in [7, 11) is 0. The van der Waals surface area contributed by atoms with E-state index in [0.717, 1.165) is 12.8 Å². The third-order valence-corrected chi connectivity index (χ3v) is 6.05. The van der Waals surface area contributed by atoms with Crippen molar-refractivity contribution in [3.05, 3.63) is 51.3 Å². The van der Waals surface area contributed by atoms with Gasteiger partial charge in [-0.25, -0.2) is 19.9 Å². The standard InChI is InChI=1S/C22H24ClN7O2/c1-3-14(28-19-17(18(24)25-10-26-19)21-27-11(2)9-32-21)20-29-15-6-4-5-13(23)16(15)22(31)30(20)12-7-8-12/h4-6,10-12,14H,3,7-9H2,1-2H3,(H3,24,25,26,28)/t11-,14?/m0/s1. The molecule has 0 amide bonds. The molecule has 5 rings (SSSR count). The van der Waals surface area contributed by atoms with Crippen LogP contribution in [0.3, 0.4) is 0 Å². The van der Waals surface area contributed by atoms with Crippen molar-refractivity contribution in [2.24, 2.45) is 4.99 Å². The lowest BCUT2D eigenvalue weighted by molar-refractivity contribution is 0.324. The smallest absolute Gasteiger partial charge is 0.263 e. The number of nitrogens with two attached hydrogens (primary N) is 1. The predicted octanol–water partition coefficient (Wildman–Crippen LogP) is 3.49. The lowest BCUT2D eigenvalue weighted by Gasteiger charge is -2.23. The highest BCUT2D eigenvalue weighted by atomic mass is 35.5. The number of rotatable bonds is 6. The van der Waals surface area contributed by atoms with Crippen molar-refractivity contribution in [1.29, 1.82) is 0 Å². The highest BCUT2D eigenvalue weighted by Crippen LogP contribution is 2.37. The quantitative estimate of drug-likeness (QED) is 0.586. The van der Waals surface area contributed by atoms with Crippen molar-refractivity contribution in [2.75, 3.05) is 17.7 Å². The summed E-state index contributed by atoms with van der Waals surface area (Å²) in [6, 6.07) is 5.20. The SMILES string of the molecule is CCC(Nc1ncnc(N)c1C1=N[C@@H](C)CO1)c1nc2cccc(Cl)c2c(=O)n1C1CC1. The van der Waals surface area contributed by atoms with Gasteiger partial charge in [0.05, 0.1) is 28.0 Å². The minimum atomic E-state index is -0.292. The van der Waals surface area contributed by atoms with Crippen molar-refractivity contribution in [3.8, 4) is 0 Å². The number of nitrogens with one attached hydrogen (secondary N) is 1. The lowest BCUT2D eigenvalue weighted by Crippen LogP contribution is -2.29. The average Bonchev–Trinajstić information content (AvgIpc) is 3.51. The van der Waals surface area contributed by atoms with E-state index in [0.29, 0.717) is 52.1 Å². The third-order valence-electron chi connectivity index (χ3n) is 5.74. The molecule has 0 bridgehead atoms. The molecule has 32 heavy (non-hydrogen) atoms. The van der Waals surface area contributed by atoms with E-state index >= 15 is 0 Å². The Labute approximate surface area is 189 Å². The van der Waals surface area contributed by atoms with Gasteiger partial charge in [0.15, 0.2) is 0 Å². The summed E-state index contributed by atoms with van der Waals surface area (Å²) in [5, 5.41) is 4.30. The molecule has 9 nitrogen and oxygen atoms in total. The Morgan fingerprint density at radius 3 is 2.84 bits per heavy atom. The number of nitrogens with zero attached hydrogens (tertiary/aromatic N) is 5. The van der Waals surface area contributed by atoms with E-state index in [4.69, 9.17) is 27.1 Å². The topological polar surface area (TPSA) is 120 Å². The molecule has 1 unspecified atom stereocenters. The molecule has 1 aliphatic heterocycles. The van der Waals surface area contributed by atoms with Gasteiger partial charge >= 0.3 is 0 Å². The number of anilines is 2. The molecular weight excluding hydrogens is 430 g/mol. The molecule has 0 saturated heterocycles. The van der Waals surface area contributed by atoms with Gasteiger partial charge in [0.25, 0.3) is 5.56 Å². The summed E-state index contributed by atoms with van der Waals surface area (Å²) < 4.78 is 7.50. The zero-order chi connectivity index (χ0) is 22.4. The van der Waals surface area contributed by atoms with E-state index < -0.39 is 0 Å². The third kappa shape index (κ3) is 3.56. The maximum Gasteiger partial charge on any atom is 0.263 e. The molecule has 2 atom stereocenters. The molecule has 3 aromatic rings.